The number of nitrogens with zero attached hydrogens (tertiary/aromatic N) is 1. The van der Waals surface area contributed by atoms with Crippen molar-refractivity contribution in [2.45, 2.75) is 19.9 Å². The SMILES string of the molecule is CCS(=O)CCNC(C)c1ccc(C#N)s1. The third-order valence-electron chi connectivity index (χ3n) is 2.27. The van der Waals surface area contributed by atoms with Crippen LogP contribution in [0, 0.1) is 11.3 Å². The Morgan fingerprint density at radius 2 is 2.38 bits per heavy atom. The predicted molar refractivity (Wildman–Crippen MR) is 69.0 cm³/mol. The van der Waals surface area contributed by atoms with Gasteiger partial charge in [0.25, 0.3) is 0 Å². The Balaban J connectivity index is 2.38. The van der Waals surface area contributed by atoms with Gasteiger partial charge in [-0.05, 0) is 19.1 Å². The van der Waals surface area contributed by atoms with Gasteiger partial charge in [0, 0.05) is 39.8 Å². The fourth-order valence-electron chi connectivity index (χ4n) is 1.28. The zero-order valence-electron chi connectivity index (χ0n) is 9.53. The van der Waals surface area contributed by atoms with Gasteiger partial charge in [-0.25, -0.2) is 0 Å². The van der Waals surface area contributed by atoms with E-state index in [1.165, 1.54) is 11.3 Å². The van der Waals surface area contributed by atoms with Crippen molar-refractivity contribution in [3.05, 3.63) is 21.9 Å². The highest BCUT2D eigenvalue weighted by Crippen LogP contribution is 2.22. The number of nitrogens with one attached hydrogen (secondary N) is 1. The quantitative estimate of drug-likeness (QED) is 0.847. The molecular weight excluding hydrogens is 240 g/mol. The van der Waals surface area contributed by atoms with Gasteiger partial charge in [-0.15, -0.1) is 11.3 Å². The molecule has 0 aliphatic heterocycles. The van der Waals surface area contributed by atoms with E-state index in [2.05, 4.69) is 18.3 Å². The molecule has 0 radical (unpaired) electrons. The van der Waals surface area contributed by atoms with E-state index >= 15 is 0 Å². The molecule has 1 rings (SSSR count). The average molecular weight is 256 g/mol. The molecule has 5 heteroatoms. The molecule has 0 aliphatic rings. The molecule has 0 bridgehead atoms. The van der Waals surface area contributed by atoms with Crippen LogP contribution in [-0.4, -0.2) is 22.3 Å². The standard InChI is InChI=1S/C11H16N2OS2/c1-3-16(14)7-6-13-9(2)11-5-4-10(8-12)15-11/h4-5,9,13H,3,6-7H2,1-2H3. The lowest BCUT2D eigenvalue weighted by molar-refractivity contribution is 0.605. The van der Waals surface area contributed by atoms with Crippen LogP contribution in [0.25, 0.3) is 0 Å². The predicted octanol–water partition coefficient (Wildman–Crippen LogP) is 2.04. The van der Waals surface area contributed by atoms with Crippen LogP contribution in [-0.2, 0) is 10.8 Å². The topological polar surface area (TPSA) is 52.9 Å². The number of hydrogen-bond donors (Lipinski definition) is 1. The second-order valence-electron chi connectivity index (χ2n) is 3.42. The van der Waals surface area contributed by atoms with E-state index in [-0.39, 0.29) is 6.04 Å². The minimum Gasteiger partial charge on any atom is -0.309 e. The maximum atomic E-state index is 11.2. The second-order valence-corrected chi connectivity index (χ2v) is 6.40. The highest BCUT2D eigenvalue weighted by atomic mass is 32.2. The van der Waals surface area contributed by atoms with Gasteiger partial charge in [0.15, 0.2) is 0 Å². The molecule has 3 nitrogen and oxygen atoms in total. The smallest absolute Gasteiger partial charge is 0.110 e. The minimum absolute atomic E-state index is 0.223. The maximum Gasteiger partial charge on any atom is 0.110 e. The molecule has 1 heterocycles. The normalized spacial score (nSPS) is 14.3. The summed E-state index contributed by atoms with van der Waals surface area (Å²) in [6, 6.07) is 6.16. The lowest BCUT2D eigenvalue weighted by Gasteiger charge is -2.11. The Morgan fingerprint density at radius 3 is 2.94 bits per heavy atom. The Kier molecular flexibility index (Phi) is 5.67. The third-order valence-corrected chi connectivity index (χ3v) is 4.74. The molecule has 0 saturated carbocycles. The van der Waals surface area contributed by atoms with Crippen LogP contribution in [0.5, 0.6) is 0 Å². The molecule has 0 saturated heterocycles. The van der Waals surface area contributed by atoms with Gasteiger partial charge in [0.05, 0.1) is 0 Å². The molecule has 0 aliphatic carbocycles. The van der Waals surface area contributed by atoms with E-state index in [9.17, 15) is 4.21 Å². The van der Waals surface area contributed by atoms with Crippen molar-refractivity contribution in [2.24, 2.45) is 0 Å². The van der Waals surface area contributed by atoms with Crippen molar-refractivity contribution in [3.63, 3.8) is 0 Å². The van der Waals surface area contributed by atoms with Crippen LogP contribution in [0.4, 0.5) is 0 Å². The van der Waals surface area contributed by atoms with Crippen molar-refractivity contribution in [1.29, 1.82) is 5.26 Å². The first-order valence-electron chi connectivity index (χ1n) is 5.25. The van der Waals surface area contributed by atoms with E-state index in [4.69, 9.17) is 5.26 Å². The van der Waals surface area contributed by atoms with Crippen LogP contribution in [0.3, 0.4) is 0 Å². The first-order chi connectivity index (χ1) is 7.67. The molecule has 0 amide bonds. The van der Waals surface area contributed by atoms with Crippen LogP contribution in [0.1, 0.15) is 29.6 Å². The molecule has 1 N–H and O–H groups in total. The molecule has 0 spiro atoms. The molecule has 0 aromatic carbocycles. The van der Waals surface area contributed by atoms with Gasteiger partial charge in [-0.2, -0.15) is 5.26 Å². The van der Waals surface area contributed by atoms with E-state index in [0.29, 0.717) is 11.5 Å². The Labute approximate surface area is 103 Å². The van der Waals surface area contributed by atoms with E-state index in [1.54, 1.807) is 0 Å². The summed E-state index contributed by atoms with van der Waals surface area (Å²) in [6.07, 6.45) is 0. The molecular formula is C11H16N2OS2. The van der Waals surface area contributed by atoms with E-state index < -0.39 is 10.8 Å². The zero-order chi connectivity index (χ0) is 12.0. The summed E-state index contributed by atoms with van der Waals surface area (Å²) < 4.78 is 11.2. The summed E-state index contributed by atoms with van der Waals surface area (Å²) in [6.45, 7) is 4.74. The minimum atomic E-state index is -0.708. The summed E-state index contributed by atoms with van der Waals surface area (Å²) in [5, 5.41) is 12.0. The molecule has 2 unspecified atom stereocenters. The summed E-state index contributed by atoms with van der Waals surface area (Å²) in [5.41, 5.74) is 0. The Bertz CT molecular complexity index is 395. The summed E-state index contributed by atoms with van der Waals surface area (Å²) in [4.78, 5) is 1.89. The number of hydrogen-bond acceptors (Lipinski definition) is 4. The van der Waals surface area contributed by atoms with Gasteiger partial charge >= 0.3 is 0 Å². The van der Waals surface area contributed by atoms with Gasteiger partial charge in [-0.3, -0.25) is 4.21 Å². The van der Waals surface area contributed by atoms with Gasteiger partial charge in [0.2, 0.25) is 0 Å². The lowest BCUT2D eigenvalue weighted by atomic mass is 10.3. The fraction of sp³-hybridized carbons (Fsp3) is 0.545. The summed E-state index contributed by atoms with van der Waals surface area (Å²) in [5.74, 6) is 1.41. The van der Waals surface area contributed by atoms with Crippen molar-refractivity contribution >= 4 is 22.1 Å². The highest BCUT2D eigenvalue weighted by Gasteiger charge is 2.08. The average Bonchev–Trinajstić information content (AvgIpc) is 2.77. The van der Waals surface area contributed by atoms with Crippen LogP contribution >= 0.6 is 11.3 Å². The van der Waals surface area contributed by atoms with Crippen LogP contribution < -0.4 is 5.32 Å². The van der Waals surface area contributed by atoms with Crippen molar-refractivity contribution in [2.75, 3.05) is 18.1 Å². The van der Waals surface area contributed by atoms with Crippen molar-refractivity contribution in [3.8, 4) is 6.07 Å². The maximum absolute atomic E-state index is 11.2. The van der Waals surface area contributed by atoms with Gasteiger partial charge in [-0.1, -0.05) is 6.92 Å². The van der Waals surface area contributed by atoms with Crippen LogP contribution in [0.2, 0.25) is 0 Å². The van der Waals surface area contributed by atoms with Gasteiger partial charge < -0.3 is 5.32 Å². The molecule has 0 fully saturated rings. The number of thiophene rings is 1. The molecule has 2 atom stereocenters. The number of rotatable bonds is 6. The third kappa shape index (κ3) is 4.05. The largest absolute Gasteiger partial charge is 0.309 e. The van der Waals surface area contributed by atoms with E-state index in [1.807, 2.05) is 19.1 Å². The Hall–Kier alpha value is -0.700. The monoisotopic (exact) mass is 256 g/mol. The number of nitriles is 1. The van der Waals surface area contributed by atoms with Gasteiger partial charge in [0.1, 0.15) is 10.9 Å². The molecule has 16 heavy (non-hydrogen) atoms. The van der Waals surface area contributed by atoms with Crippen LogP contribution in [0.15, 0.2) is 12.1 Å². The second kappa shape index (κ2) is 6.79. The molecule has 1 aromatic heterocycles. The summed E-state index contributed by atoms with van der Waals surface area (Å²) >= 11 is 1.51. The fourth-order valence-corrected chi connectivity index (χ4v) is 2.75. The molecule has 88 valence electrons. The zero-order valence-corrected chi connectivity index (χ0v) is 11.2. The summed E-state index contributed by atoms with van der Waals surface area (Å²) in [7, 11) is -0.708. The lowest BCUT2D eigenvalue weighted by Crippen LogP contribution is -2.23. The van der Waals surface area contributed by atoms with E-state index in [0.717, 1.165) is 16.3 Å². The van der Waals surface area contributed by atoms with Crippen molar-refractivity contribution < 1.29 is 4.21 Å². The van der Waals surface area contributed by atoms with Crippen molar-refractivity contribution in [1.82, 2.24) is 5.32 Å². The molecule has 1 aromatic rings. The first-order valence-corrected chi connectivity index (χ1v) is 7.56. The highest BCUT2D eigenvalue weighted by molar-refractivity contribution is 7.84. The first kappa shape index (κ1) is 13.4. The Morgan fingerprint density at radius 1 is 1.62 bits per heavy atom.